The third kappa shape index (κ3) is 34.2. The number of hydrogen-bond donors (Lipinski definition) is 0. The molecule has 0 unspecified atom stereocenters. The molecule has 0 aromatic heterocycles. The number of fused-ring (bicyclic) bond motifs is 2. The molecule has 14 heteroatoms. The zero-order valence-electron chi connectivity index (χ0n) is 73.3. The Kier molecular flexibility index (Phi) is 43.5. The van der Waals surface area contributed by atoms with Gasteiger partial charge in [0.2, 0.25) is 0 Å². The molecule has 0 atom stereocenters. The number of hydrogen-bond acceptors (Lipinski definition) is 14. The third-order valence-corrected chi connectivity index (χ3v) is 21.1. The van der Waals surface area contributed by atoms with Crippen LogP contribution in [0.3, 0.4) is 0 Å². The second-order valence-electron chi connectivity index (χ2n) is 31.6. The van der Waals surface area contributed by atoms with E-state index in [1.807, 2.05) is 60.7 Å². The fraction of sp³-hybridized carbons (Fsp3) is 0.519. The van der Waals surface area contributed by atoms with Gasteiger partial charge in [-0.2, -0.15) is 0 Å². The molecule has 0 saturated carbocycles. The summed E-state index contributed by atoms with van der Waals surface area (Å²) in [6, 6.07) is 53.4. The number of ether oxygens (including phenoxy) is 14. The molecule has 0 aliphatic rings. The second-order valence-corrected chi connectivity index (χ2v) is 31.6. The van der Waals surface area contributed by atoms with Gasteiger partial charge in [0, 0.05) is 71.8 Å². The zero-order valence-corrected chi connectivity index (χ0v) is 73.3. The summed E-state index contributed by atoms with van der Waals surface area (Å²) < 4.78 is 92.7. The molecule has 9 aromatic carbocycles. The Bertz CT molecular complexity index is 3610. The van der Waals surface area contributed by atoms with Crippen molar-refractivity contribution in [3.8, 4) is 80.5 Å². The van der Waals surface area contributed by atoms with Crippen LogP contribution in [0.4, 0.5) is 0 Å². The molecule has 0 N–H and O–H groups in total. The molecule has 0 heterocycles. The van der Waals surface area contributed by atoms with Crippen LogP contribution in [0.2, 0.25) is 0 Å². The van der Waals surface area contributed by atoms with Crippen molar-refractivity contribution < 1.29 is 66.3 Å². The van der Waals surface area contributed by atoms with Gasteiger partial charge >= 0.3 is 0 Å². The van der Waals surface area contributed by atoms with Gasteiger partial charge in [0.25, 0.3) is 0 Å². The molecular formula is C104H142O14. The minimum Gasteiger partial charge on any atom is -0.493 e. The van der Waals surface area contributed by atoms with E-state index in [-0.39, 0.29) is 39.6 Å². The van der Waals surface area contributed by atoms with Crippen molar-refractivity contribution in [2.75, 3.05) is 52.9 Å². The highest BCUT2D eigenvalue weighted by Gasteiger charge is 2.19. The Balaban J connectivity index is 1.02. The Morgan fingerprint density at radius 3 is 0.449 bits per heavy atom. The molecule has 0 saturated heterocycles. The third-order valence-electron chi connectivity index (χ3n) is 21.1. The van der Waals surface area contributed by atoms with Crippen LogP contribution in [-0.2, 0) is 39.6 Å². The van der Waals surface area contributed by atoms with Crippen molar-refractivity contribution in [1.29, 1.82) is 0 Å². The first-order valence-electron chi connectivity index (χ1n) is 45.7. The highest BCUT2D eigenvalue weighted by atomic mass is 16.5. The largest absolute Gasteiger partial charge is 0.493 e. The van der Waals surface area contributed by atoms with Crippen molar-refractivity contribution in [2.45, 2.75) is 300 Å². The van der Waals surface area contributed by atoms with E-state index in [0.717, 1.165) is 204 Å². The van der Waals surface area contributed by atoms with Gasteiger partial charge in [0.15, 0.2) is 0 Å². The van der Waals surface area contributed by atoms with E-state index < -0.39 is 0 Å². The summed E-state index contributed by atoms with van der Waals surface area (Å²) in [6.07, 6.45) is 35.7. The first-order chi connectivity index (χ1) is 58.2. The molecule has 118 heavy (non-hydrogen) atoms. The maximum atomic E-state index is 7.08. The average molecular weight is 1620 g/mol. The normalized spacial score (nSPS) is 11.3. The maximum absolute atomic E-state index is 7.08. The summed E-state index contributed by atoms with van der Waals surface area (Å²) >= 11 is 0. The second kappa shape index (κ2) is 55.5. The van der Waals surface area contributed by atoms with Crippen LogP contribution in [0.15, 0.2) is 158 Å². The summed E-state index contributed by atoms with van der Waals surface area (Å²) in [5, 5.41) is 4.18. The lowest BCUT2D eigenvalue weighted by Gasteiger charge is -2.19. The van der Waals surface area contributed by atoms with Gasteiger partial charge in [-0.05, 0) is 144 Å². The fourth-order valence-electron chi connectivity index (χ4n) is 14.5. The Hall–Kier alpha value is -9.30. The van der Waals surface area contributed by atoms with Crippen molar-refractivity contribution in [2.24, 2.45) is 0 Å². The monoisotopic (exact) mass is 1620 g/mol. The van der Waals surface area contributed by atoms with Gasteiger partial charge in [-0.3, -0.25) is 0 Å². The lowest BCUT2D eigenvalue weighted by atomic mass is 9.92. The summed E-state index contributed by atoms with van der Waals surface area (Å²) in [6.45, 7) is 24.4. The van der Waals surface area contributed by atoms with E-state index in [1.54, 1.807) is 0 Å². The van der Waals surface area contributed by atoms with Gasteiger partial charge in [-0.15, -0.1) is 0 Å². The Labute approximate surface area is 708 Å². The topological polar surface area (TPSA) is 129 Å². The fourth-order valence-corrected chi connectivity index (χ4v) is 14.5. The molecule has 0 radical (unpaired) electrons. The summed E-state index contributed by atoms with van der Waals surface area (Å²) in [5.41, 5.74) is 5.79. The van der Waals surface area contributed by atoms with Gasteiger partial charge in [0.1, 0.15) is 120 Å². The van der Waals surface area contributed by atoms with E-state index in [4.69, 9.17) is 66.3 Å². The molecule has 0 aliphatic carbocycles. The zero-order chi connectivity index (χ0) is 82.7. The summed E-state index contributed by atoms with van der Waals surface area (Å²) in [7, 11) is 0. The standard InChI is InChI=1S/C104H142O14/c1-9-17-25-37-49-105-85-57-81(58-86(65-85)106-50-38-26-18-10-2)75-113-93-69-94(114-76-82-59-87(107-51-39-27-19-11-3)66-88(60-82)108-52-40-28-20-12-4)72-97(71-93)117-79-103-99-45-33-35-47-101(99)104(102-48-36-34-46-100(102)103)80-118-98-73-95(115-77-83-61-89(109-53-41-29-21-13-5)67-90(62-83)110-54-42-30-22-14-6)70-96(74-98)116-78-84-63-91(111-55-43-31-23-15-7)68-92(64-84)112-56-44-32-24-16-8/h33-36,45-48,57-74H,9-32,37-44,49-56,75-80H2,1-8H3. The predicted octanol–water partition coefficient (Wildman–Crippen LogP) is 29.1. The van der Waals surface area contributed by atoms with Crippen LogP contribution in [0.25, 0.3) is 21.5 Å². The lowest BCUT2D eigenvalue weighted by Crippen LogP contribution is -2.05. The molecule has 642 valence electrons. The molecule has 0 aliphatic heterocycles. The Morgan fingerprint density at radius 2 is 0.297 bits per heavy atom. The van der Waals surface area contributed by atoms with Gasteiger partial charge < -0.3 is 66.3 Å². The number of unbranched alkanes of at least 4 members (excludes halogenated alkanes) is 24. The van der Waals surface area contributed by atoms with E-state index in [2.05, 4.69) is 152 Å². The molecule has 14 nitrogen and oxygen atoms in total. The number of rotatable bonds is 66. The van der Waals surface area contributed by atoms with Crippen molar-refractivity contribution in [1.82, 2.24) is 0 Å². The Morgan fingerprint density at radius 1 is 0.153 bits per heavy atom. The van der Waals surface area contributed by atoms with Crippen LogP contribution < -0.4 is 66.3 Å². The highest BCUT2D eigenvalue weighted by Crippen LogP contribution is 2.39. The predicted molar refractivity (Wildman–Crippen MR) is 483 cm³/mol. The molecule has 9 rings (SSSR count). The van der Waals surface area contributed by atoms with E-state index in [1.165, 1.54) is 103 Å². The SMILES string of the molecule is CCCCCCOc1cc(COc2cc(OCc3cc(OCCCCCC)cc(OCCCCCC)c3)cc(OCc3c4ccccc4c(COc4cc(OCc5cc(OCCCCCC)cc(OCCCCCC)c5)cc(OCc5cc(OCCCCCC)cc(OCCCCCC)c5)c4)c4ccccc34)c2)cc(OCCCCCC)c1. The van der Waals surface area contributed by atoms with Gasteiger partial charge in [-0.25, -0.2) is 0 Å². The van der Waals surface area contributed by atoms with Crippen LogP contribution in [-0.4, -0.2) is 52.9 Å². The van der Waals surface area contributed by atoms with Gasteiger partial charge in [0.05, 0.1) is 52.9 Å². The van der Waals surface area contributed by atoms with Crippen molar-refractivity contribution >= 4 is 21.5 Å². The number of benzene rings is 9. The van der Waals surface area contributed by atoms with Crippen molar-refractivity contribution in [3.05, 3.63) is 191 Å². The molecule has 0 spiro atoms. The highest BCUT2D eigenvalue weighted by molar-refractivity contribution is 6.05. The van der Waals surface area contributed by atoms with Crippen LogP contribution in [0, 0.1) is 0 Å². The van der Waals surface area contributed by atoms with Crippen LogP contribution >= 0.6 is 0 Å². The molecule has 0 bridgehead atoms. The molecular weight excluding hydrogens is 1470 g/mol. The van der Waals surface area contributed by atoms with Crippen molar-refractivity contribution in [3.63, 3.8) is 0 Å². The molecule has 9 aromatic rings. The quantitative estimate of drug-likeness (QED) is 0.0265. The maximum Gasteiger partial charge on any atom is 0.127 e. The van der Waals surface area contributed by atoms with Crippen LogP contribution in [0.1, 0.15) is 294 Å². The molecule has 0 fully saturated rings. The minimum atomic E-state index is 0.236. The van der Waals surface area contributed by atoms with Crippen LogP contribution in [0.5, 0.6) is 80.5 Å². The minimum absolute atomic E-state index is 0.236. The van der Waals surface area contributed by atoms with Gasteiger partial charge in [-0.1, -0.05) is 258 Å². The first-order valence-corrected chi connectivity index (χ1v) is 45.7. The summed E-state index contributed by atoms with van der Waals surface area (Å²) in [5.74, 6) is 9.71. The first kappa shape index (κ1) is 92.6. The van der Waals surface area contributed by atoms with E-state index in [0.29, 0.717) is 87.4 Å². The summed E-state index contributed by atoms with van der Waals surface area (Å²) in [4.78, 5) is 0. The van der Waals surface area contributed by atoms with E-state index >= 15 is 0 Å². The smallest absolute Gasteiger partial charge is 0.127 e. The average Bonchev–Trinajstić information content (AvgIpc) is 0.753. The molecule has 0 amide bonds. The lowest BCUT2D eigenvalue weighted by molar-refractivity contribution is 0.269. The van der Waals surface area contributed by atoms with E-state index in [9.17, 15) is 0 Å².